The lowest BCUT2D eigenvalue weighted by Crippen LogP contribution is -2.23. The molecule has 1 aromatic heterocycles. The van der Waals surface area contributed by atoms with E-state index in [2.05, 4.69) is 45.9 Å². The summed E-state index contributed by atoms with van der Waals surface area (Å²) in [5, 5.41) is 0.653. The van der Waals surface area contributed by atoms with Gasteiger partial charge in [-0.1, -0.05) is 42.4 Å². The van der Waals surface area contributed by atoms with Gasteiger partial charge in [0.2, 0.25) is 5.75 Å². The molecule has 0 aliphatic carbocycles. The zero-order valence-corrected chi connectivity index (χ0v) is 21.8. The van der Waals surface area contributed by atoms with Gasteiger partial charge in [0.05, 0.1) is 12.0 Å². The second-order valence-electron chi connectivity index (χ2n) is 9.59. The third-order valence-corrected chi connectivity index (χ3v) is 4.91. The van der Waals surface area contributed by atoms with E-state index < -0.39 is 11.2 Å². The molecule has 0 unspecified atom stereocenters. The fourth-order valence-electron chi connectivity index (χ4n) is 3.30. The van der Waals surface area contributed by atoms with Crippen molar-refractivity contribution in [1.29, 1.82) is 0 Å². The van der Waals surface area contributed by atoms with Gasteiger partial charge in [-0.2, -0.15) is 0 Å². The van der Waals surface area contributed by atoms with Crippen LogP contribution in [0.25, 0.3) is 11.0 Å². The third kappa shape index (κ3) is 8.77. The highest BCUT2D eigenvalue weighted by Gasteiger charge is 2.22. The van der Waals surface area contributed by atoms with Crippen molar-refractivity contribution >= 4 is 11.0 Å². The lowest BCUT2D eigenvalue weighted by Gasteiger charge is -2.22. The molecule has 0 N–H and O–H groups in total. The zero-order chi connectivity index (χ0) is 25.1. The number of fused-ring (bicyclic) bond motifs is 1. The largest absolute Gasteiger partial charge is 0.488 e. The van der Waals surface area contributed by atoms with E-state index in [1.165, 1.54) is 11.1 Å². The van der Waals surface area contributed by atoms with Crippen LogP contribution in [0.1, 0.15) is 74.1 Å². The van der Waals surface area contributed by atoms with Crippen LogP contribution in [0, 0.1) is 0 Å². The number of benzene rings is 1. The molecule has 2 rings (SSSR count). The van der Waals surface area contributed by atoms with Crippen LogP contribution in [0.5, 0.6) is 17.2 Å². The van der Waals surface area contributed by atoms with Crippen LogP contribution >= 0.6 is 0 Å². The summed E-state index contributed by atoms with van der Waals surface area (Å²) in [6, 6.07) is 5.52. The predicted octanol–water partition coefficient (Wildman–Crippen LogP) is 7.78. The van der Waals surface area contributed by atoms with Gasteiger partial charge in [-0.15, -0.1) is 0 Å². The van der Waals surface area contributed by atoms with E-state index in [9.17, 15) is 4.79 Å². The second kappa shape index (κ2) is 13.1. The van der Waals surface area contributed by atoms with Gasteiger partial charge in [0.1, 0.15) is 12.2 Å². The average Bonchev–Trinajstić information content (AvgIpc) is 2.74. The summed E-state index contributed by atoms with van der Waals surface area (Å²) in [6.07, 6.45) is 12.0. The first-order chi connectivity index (χ1) is 16.1. The summed E-state index contributed by atoms with van der Waals surface area (Å²) in [5.74, 6) is 0.985. The van der Waals surface area contributed by atoms with Crippen molar-refractivity contribution in [3.63, 3.8) is 0 Å². The number of rotatable bonds is 12. The van der Waals surface area contributed by atoms with Crippen molar-refractivity contribution in [2.45, 2.75) is 79.8 Å². The number of allylic oxidation sites excluding steroid dienone is 4. The standard InChI is InChI=1S/C29H40O5/c1-8-9-10-11-19-31-26-23-16-13-17-24(34-29(5,6)7)25(23)33-28(30)27(26)32-20-18-22(4)15-12-14-21(2)3/h9-10,13-14,16-18H,8,11-12,15,19-20H2,1-7H3. The summed E-state index contributed by atoms with van der Waals surface area (Å²) >= 11 is 0. The van der Waals surface area contributed by atoms with Crippen LogP contribution in [0.4, 0.5) is 0 Å². The van der Waals surface area contributed by atoms with Gasteiger partial charge in [0.25, 0.3) is 0 Å². The molecule has 1 heterocycles. The topological polar surface area (TPSA) is 57.9 Å². The first kappa shape index (κ1) is 27.3. The Morgan fingerprint density at radius 3 is 2.44 bits per heavy atom. The van der Waals surface area contributed by atoms with Gasteiger partial charge >= 0.3 is 5.63 Å². The molecule has 2 aromatic rings. The maximum absolute atomic E-state index is 13.0. The Kier molecular flexibility index (Phi) is 10.5. The molecule has 186 valence electrons. The van der Waals surface area contributed by atoms with E-state index in [1.807, 2.05) is 39.0 Å². The average molecular weight is 469 g/mol. The van der Waals surface area contributed by atoms with Crippen molar-refractivity contribution in [3.8, 4) is 17.2 Å². The molecule has 5 nitrogen and oxygen atoms in total. The monoisotopic (exact) mass is 468 g/mol. The fourth-order valence-corrected chi connectivity index (χ4v) is 3.30. The van der Waals surface area contributed by atoms with E-state index in [0.717, 1.165) is 25.7 Å². The molecule has 0 amide bonds. The molecule has 0 atom stereocenters. The quantitative estimate of drug-likeness (QED) is 0.181. The minimum absolute atomic E-state index is 0.0910. The highest BCUT2D eigenvalue weighted by atomic mass is 16.5. The van der Waals surface area contributed by atoms with Gasteiger partial charge in [-0.05, 0) is 85.4 Å². The lowest BCUT2D eigenvalue weighted by atomic mass is 10.1. The Bertz CT molecular complexity index is 1080. The Hall–Kier alpha value is -2.95. The van der Waals surface area contributed by atoms with Crippen molar-refractivity contribution in [2.24, 2.45) is 0 Å². The van der Waals surface area contributed by atoms with Crippen LogP contribution in [-0.2, 0) is 0 Å². The summed E-state index contributed by atoms with van der Waals surface area (Å²) in [7, 11) is 0. The zero-order valence-electron chi connectivity index (χ0n) is 21.8. The Morgan fingerprint density at radius 2 is 1.76 bits per heavy atom. The Morgan fingerprint density at radius 1 is 1.00 bits per heavy atom. The summed E-state index contributed by atoms with van der Waals surface area (Å²) in [5.41, 5.74) is 1.86. The van der Waals surface area contributed by atoms with Crippen LogP contribution in [-0.4, -0.2) is 18.8 Å². The SMILES string of the molecule is CCC=CCCOc1c(OCC=C(C)CCC=C(C)C)c(=O)oc2c(OC(C)(C)C)cccc12. The first-order valence-electron chi connectivity index (χ1n) is 12.1. The number of hydrogen-bond donors (Lipinski definition) is 0. The van der Waals surface area contributed by atoms with Crippen molar-refractivity contribution in [1.82, 2.24) is 0 Å². The molecule has 0 spiro atoms. The molecule has 5 heteroatoms. The molecule has 0 saturated carbocycles. The molecular formula is C29H40O5. The van der Waals surface area contributed by atoms with Crippen molar-refractivity contribution < 1.29 is 18.6 Å². The first-order valence-corrected chi connectivity index (χ1v) is 12.1. The number of hydrogen-bond acceptors (Lipinski definition) is 5. The maximum Gasteiger partial charge on any atom is 0.383 e. The molecule has 0 saturated heterocycles. The van der Waals surface area contributed by atoms with Gasteiger partial charge in [-0.25, -0.2) is 4.79 Å². The van der Waals surface area contributed by atoms with E-state index in [1.54, 1.807) is 6.07 Å². The molecule has 1 aromatic carbocycles. The highest BCUT2D eigenvalue weighted by molar-refractivity contribution is 5.90. The third-order valence-electron chi connectivity index (χ3n) is 4.91. The van der Waals surface area contributed by atoms with E-state index in [-0.39, 0.29) is 12.4 Å². The fraction of sp³-hybridized carbons (Fsp3) is 0.483. The molecule has 0 fully saturated rings. The molecule has 0 bridgehead atoms. The van der Waals surface area contributed by atoms with Crippen LogP contribution in [0.2, 0.25) is 0 Å². The van der Waals surface area contributed by atoms with Gasteiger partial charge in [0.15, 0.2) is 17.1 Å². The smallest absolute Gasteiger partial charge is 0.383 e. The minimum Gasteiger partial charge on any atom is -0.488 e. The Balaban J connectivity index is 2.37. The van der Waals surface area contributed by atoms with E-state index in [0.29, 0.717) is 29.1 Å². The summed E-state index contributed by atoms with van der Waals surface area (Å²) in [6.45, 7) is 14.9. The summed E-state index contributed by atoms with van der Waals surface area (Å²) in [4.78, 5) is 13.0. The molecule has 0 radical (unpaired) electrons. The van der Waals surface area contributed by atoms with Crippen LogP contribution in [0.3, 0.4) is 0 Å². The van der Waals surface area contributed by atoms with E-state index >= 15 is 0 Å². The number of para-hydroxylation sites is 1. The predicted molar refractivity (Wildman–Crippen MR) is 140 cm³/mol. The second-order valence-corrected chi connectivity index (χ2v) is 9.59. The van der Waals surface area contributed by atoms with Crippen molar-refractivity contribution in [2.75, 3.05) is 13.2 Å². The molecule has 0 aliphatic heterocycles. The molecule has 34 heavy (non-hydrogen) atoms. The minimum atomic E-state index is -0.577. The molecular weight excluding hydrogens is 428 g/mol. The van der Waals surface area contributed by atoms with Crippen molar-refractivity contribution in [3.05, 3.63) is 64.1 Å². The van der Waals surface area contributed by atoms with Crippen LogP contribution < -0.4 is 19.8 Å². The van der Waals surface area contributed by atoms with Gasteiger partial charge < -0.3 is 18.6 Å². The maximum atomic E-state index is 13.0. The number of ether oxygens (including phenoxy) is 3. The van der Waals surface area contributed by atoms with Crippen LogP contribution in [0.15, 0.2) is 62.9 Å². The van der Waals surface area contributed by atoms with E-state index in [4.69, 9.17) is 18.6 Å². The normalized spacial score (nSPS) is 12.3. The lowest BCUT2D eigenvalue weighted by molar-refractivity contribution is 0.131. The highest BCUT2D eigenvalue weighted by Crippen LogP contribution is 2.38. The summed E-state index contributed by atoms with van der Waals surface area (Å²) < 4.78 is 23.7. The molecule has 0 aliphatic rings. The van der Waals surface area contributed by atoms with Gasteiger partial charge in [-0.3, -0.25) is 0 Å². The Labute approximate surface area is 204 Å². The van der Waals surface area contributed by atoms with Gasteiger partial charge in [0, 0.05) is 0 Å².